The summed E-state index contributed by atoms with van der Waals surface area (Å²) >= 11 is 5.95. The highest BCUT2D eigenvalue weighted by Gasteiger charge is 2.19. The molecule has 0 unspecified atom stereocenters. The van der Waals surface area contributed by atoms with E-state index in [1.165, 1.54) is 4.31 Å². The van der Waals surface area contributed by atoms with Crippen LogP contribution in [-0.4, -0.2) is 31.4 Å². The monoisotopic (exact) mass is 394 g/mol. The molecule has 26 heavy (non-hydrogen) atoms. The maximum Gasteiger partial charge on any atom is 0.225 e. The average molecular weight is 395 g/mol. The smallest absolute Gasteiger partial charge is 0.225 e. The van der Waals surface area contributed by atoms with Gasteiger partial charge in [-0.3, -0.25) is 4.79 Å². The van der Waals surface area contributed by atoms with Crippen LogP contribution in [0.3, 0.4) is 0 Å². The first-order valence-electron chi connectivity index (χ1n) is 8.22. The number of halogens is 1. The van der Waals surface area contributed by atoms with Crippen molar-refractivity contribution in [3.05, 3.63) is 64.2 Å². The van der Waals surface area contributed by atoms with Gasteiger partial charge in [-0.15, -0.1) is 0 Å². The molecule has 0 fully saturated rings. The molecule has 0 aliphatic rings. The Morgan fingerprint density at radius 1 is 1.12 bits per heavy atom. The molecule has 0 saturated carbocycles. The van der Waals surface area contributed by atoms with Crippen molar-refractivity contribution in [2.75, 3.05) is 18.1 Å². The Bertz CT molecular complexity index is 897. The molecule has 0 saturated heterocycles. The van der Waals surface area contributed by atoms with Crippen LogP contribution in [0, 0.1) is 13.8 Å². The zero-order valence-corrected chi connectivity index (χ0v) is 16.7. The van der Waals surface area contributed by atoms with E-state index >= 15 is 0 Å². The summed E-state index contributed by atoms with van der Waals surface area (Å²) < 4.78 is 25.5. The first-order valence-corrected chi connectivity index (χ1v) is 10.4. The molecule has 0 spiro atoms. The normalized spacial score (nSPS) is 11.6. The van der Waals surface area contributed by atoms with E-state index in [1.807, 2.05) is 44.2 Å². The van der Waals surface area contributed by atoms with Gasteiger partial charge in [0, 0.05) is 30.2 Å². The second-order valence-electron chi connectivity index (χ2n) is 6.28. The van der Waals surface area contributed by atoms with Crippen molar-refractivity contribution < 1.29 is 13.2 Å². The van der Waals surface area contributed by atoms with Gasteiger partial charge in [-0.05, 0) is 42.7 Å². The van der Waals surface area contributed by atoms with Crippen molar-refractivity contribution in [2.45, 2.75) is 26.8 Å². The van der Waals surface area contributed by atoms with Crippen LogP contribution in [0.4, 0.5) is 5.69 Å². The molecule has 0 aliphatic heterocycles. The SMILES string of the molecule is Cc1ccccc1CN(CCC(=O)Nc1cc(Cl)ccc1C)S(C)(=O)=O. The predicted octanol–water partition coefficient (Wildman–Crippen LogP) is 3.75. The highest BCUT2D eigenvalue weighted by Crippen LogP contribution is 2.20. The lowest BCUT2D eigenvalue weighted by Gasteiger charge is -2.21. The summed E-state index contributed by atoms with van der Waals surface area (Å²) in [7, 11) is -3.43. The van der Waals surface area contributed by atoms with Gasteiger partial charge >= 0.3 is 0 Å². The Labute approximate surface area is 160 Å². The topological polar surface area (TPSA) is 66.5 Å². The number of sulfonamides is 1. The molecule has 7 heteroatoms. The molecule has 0 aromatic heterocycles. The van der Waals surface area contributed by atoms with Crippen LogP contribution in [-0.2, 0) is 21.4 Å². The molecule has 2 aromatic carbocycles. The van der Waals surface area contributed by atoms with E-state index in [0.717, 1.165) is 22.9 Å². The fourth-order valence-corrected chi connectivity index (χ4v) is 3.48. The summed E-state index contributed by atoms with van der Waals surface area (Å²) in [5.41, 5.74) is 3.46. The molecule has 1 N–H and O–H groups in total. The molecular weight excluding hydrogens is 372 g/mol. The van der Waals surface area contributed by atoms with E-state index in [-0.39, 0.29) is 25.4 Å². The first-order chi connectivity index (χ1) is 12.2. The van der Waals surface area contributed by atoms with E-state index in [4.69, 9.17) is 11.6 Å². The number of hydrogen-bond donors (Lipinski definition) is 1. The minimum atomic E-state index is -3.43. The van der Waals surface area contributed by atoms with E-state index in [1.54, 1.807) is 12.1 Å². The number of nitrogens with zero attached hydrogens (tertiary/aromatic N) is 1. The minimum Gasteiger partial charge on any atom is -0.326 e. The third-order valence-corrected chi connectivity index (χ3v) is 5.62. The quantitative estimate of drug-likeness (QED) is 0.777. The van der Waals surface area contributed by atoms with E-state index in [9.17, 15) is 13.2 Å². The third kappa shape index (κ3) is 5.83. The lowest BCUT2D eigenvalue weighted by Crippen LogP contribution is -2.32. The molecule has 0 aliphatic carbocycles. The van der Waals surface area contributed by atoms with Gasteiger partial charge < -0.3 is 5.32 Å². The van der Waals surface area contributed by atoms with E-state index in [2.05, 4.69) is 5.32 Å². The summed E-state index contributed by atoms with van der Waals surface area (Å²) in [6, 6.07) is 12.9. The maximum atomic E-state index is 12.3. The number of carbonyl (C=O) groups excluding carboxylic acids is 1. The Hall–Kier alpha value is -1.89. The fraction of sp³-hybridized carbons (Fsp3) is 0.316. The number of hydrogen-bond acceptors (Lipinski definition) is 3. The van der Waals surface area contributed by atoms with Crippen molar-refractivity contribution in [2.24, 2.45) is 0 Å². The number of amides is 1. The van der Waals surface area contributed by atoms with Crippen molar-refractivity contribution >= 4 is 33.2 Å². The fourth-order valence-electron chi connectivity index (χ4n) is 2.51. The average Bonchev–Trinajstić information content (AvgIpc) is 2.55. The van der Waals surface area contributed by atoms with Gasteiger partial charge in [0.1, 0.15) is 0 Å². The van der Waals surface area contributed by atoms with Crippen LogP contribution in [0.25, 0.3) is 0 Å². The highest BCUT2D eigenvalue weighted by molar-refractivity contribution is 7.88. The van der Waals surface area contributed by atoms with Crippen LogP contribution in [0.15, 0.2) is 42.5 Å². The number of aryl methyl sites for hydroxylation is 2. The lowest BCUT2D eigenvalue weighted by molar-refractivity contribution is -0.116. The first kappa shape index (κ1) is 20.4. The van der Waals surface area contributed by atoms with Crippen molar-refractivity contribution in [3.8, 4) is 0 Å². The van der Waals surface area contributed by atoms with Crippen LogP contribution >= 0.6 is 11.6 Å². The standard InChI is InChI=1S/C19H23ClN2O3S/c1-14-6-4-5-7-16(14)13-22(26(3,24)25)11-10-19(23)21-18-12-17(20)9-8-15(18)2/h4-9,12H,10-11,13H2,1-3H3,(H,21,23). The summed E-state index contributed by atoms with van der Waals surface area (Å²) in [6.45, 7) is 4.16. The molecule has 1 amide bonds. The number of benzene rings is 2. The van der Waals surface area contributed by atoms with Gasteiger partial charge in [0.15, 0.2) is 0 Å². The molecule has 2 aromatic rings. The molecule has 0 atom stereocenters. The molecule has 0 heterocycles. The second-order valence-corrected chi connectivity index (χ2v) is 8.70. The zero-order valence-electron chi connectivity index (χ0n) is 15.1. The van der Waals surface area contributed by atoms with E-state index < -0.39 is 10.0 Å². The van der Waals surface area contributed by atoms with Gasteiger partial charge in [-0.1, -0.05) is 41.9 Å². The van der Waals surface area contributed by atoms with Gasteiger partial charge in [0.25, 0.3) is 0 Å². The van der Waals surface area contributed by atoms with Crippen LogP contribution in [0.2, 0.25) is 5.02 Å². The van der Waals surface area contributed by atoms with Gasteiger partial charge in [-0.25, -0.2) is 8.42 Å². The Balaban J connectivity index is 2.04. The maximum absolute atomic E-state index is 12.3. The van der Waals surface area contributed by atoms with Crippen LogP contribution < -0.4 is 5.32 Å². The number of nitrogens with one attached hydrogen (secondary N) is 1. The Kier molecular flexibility index (Phi) is 6.81. The van der Waals surface area contributed by atoms with Crippen LogP contribution in [0.5, 0.6) is 0 Å². The van der Waals surface area contributed by atoms with Crippen molar-refractivity contribution in [1.82, 2.24) is 4.31 Å². The summed E-state index contributed by atoms with van der Waals surface area (Å²) in [6.07, 6.45) is 1.22. The Morgan fingerprint density at radius 2 is 1.81 bits per heavy atom. The summed E-state index contributed by atoms with van der Waals surface area (Å²) in [5.74, 6) is -0.256. The predicted molar refractivity (Wildman–Crippen MR) is 106 cm³/mol. The largest absolute Gasteiger partial charge is 0.326 e. The highest BCUT2D eigenvalue weighted by atomic mass is 35.5. The number of rotatable bonds is 7. The number of anilines is 1. The molecule has 5 nitrogen and oxygen atoms in total. The lowest BCUT2D eigenvalue weighted by atomic mass is 10.1. The molecule has 0 bridgehead atoms. The number of carbonyl (C=O) groups is 1. The van der Waals surface area contributed by atoms with Crippen molar-refractivity contribution in [3.63, 3.8) is 0 Å². The summed E-state index contributed by atoms with van der Waals surface area (Å²) in [4.78, 5) is 12.3. The summed E-state index contributed by atoms with van der Waals surface area (Å²) in [5, 5.41) is 3.32. The van der Waals surface area contributed by atoms with Gasteiger partial charge in [0.2, 0.25) is 15.9 Å². The van der Waals surface area contributed by atoms with Crippen LogP contribution in [0.1, 0.15) is 23.1 Å². The third-order valence-electron chi connectivity index (χ3n) is 4.14. The zero-order chi connectivity index (χ0) is 19.3. The Morgan fingerprint density at radius 3 is 2.46 bits per heavy atom. The minimum absolute atomic E-state index is 0.0604. The molecular formula is C19H23ClN2O3S. The van der Waals surface area contributed by atoms with Gasteiger partial charge in [-0.2, -0.15) is 4.31 Å². The van der Waals surface area contributed by atoms with Crippen molar-refractivity contribution in [1.29, 1.82) is 0 Å². The van der Waals surface area contributed by atoms with Gasteiger partial charge in [0.05, 0.1) is 6.26 Å². The molecule has 140 valence electrons. The molecule has 0 radical (unpaired) electrons. The second kappa shape index (κ2) is 8.66. The molecule has 2 rings (SSSR count). The van der Waals surface area contributed by atoms with E-state index in [0.29, 0.717) is 10.7 Å².